The molecule has 0 aromatic heterocycles. The molecule has 1 unspecified atom stereocenters. The van der Waals surface area contributed by atoms with Gasteiger partial charge in [-0.3, -0.25) is 4.99 Å². The Morgan fingerprint density at radius 2 is 2.30 bits per heavy atom. The van der Waals surface area contributed by atoms with E-state index in [4.69, 9.17) is 9.73 Å². The van der Waals surface area contributed by atoms with Crippen LogP contribution in [0.5, 0.6) is 0 Å². The maximum absolute atomic E-state index is 5.59. The third-order valence-electron chi connectivity index (χ3n) is 4.03. The molecule has 1 spiro atoms. The number of likely N-dealkylation sites (tertiary alicyclic amines) is 1. The van der Waals surface area contributed by atoms with Gasteiger partial charge in [0.05, 0.1) is 6.61 Å². The topological polar surface area (TPSA) is 36.9 Å². The molecule has 0 aliphatic carbocycles. The van der Waals surface area contributed by atoms with E-state index >= 15 is 0 Å². The van der Waals surface area contributed by atoms with Crippen LogP contribution in [0.15, 0.2) is 4.99 Å². The van der Waals surface area contributed by atoms with Crippen molar-refractivity contribution in [1.29, 1.82) is 0 Å². The third-order valence-corrected chi connectivity index (χ3v) is 4.72. The van der Waals surface area contributed by atoms with Crippen LogP contribution in [0.4, 0.5) is 0 Å². The van der Waals surface area contributed by atoms with Gasteiger partial charge in [-0.25, -0.2) is 0 Å². The number of nitrogens with one attached hydrogen (secondary N) is 1. The summed E-state index contributed by atoms with van der Waals surface area (Å²) in [6, 6.07) is 0. The van der Waals surface area contributed by atoms with Crippen molar-refractivity contribution in [3.8, 4) is 0 Å². The van der Waals surface area contributed by atoms with E-state index in [1.54, 1.807) is 0 Å². The number of guanidine groups is 1. The van der Waals surface area contributed by atoms with Crippen molar-refractivity contribution in [2.24, 2.45) is 10.4 Å². The molecule has 6 heteroatoms. The SMILES string of the molecule is CCNC(=NCCCSC)N1CCC2(CCOC2)C1.I. The molecule has 2 aliphatic rings. The smallest absolute Gasteiger partial charge is 0.193 e. The van der Waals surface area contributed by atoms with Crippen molar-refractivity contribution in [2.75, 3.05) is 51.4 Å². The average molecular weight is 413 g/mol. The van der Waals surface area contributed by atoms with Gasteiger partial charge in [-0.15, -0.1) is 24.0 Å². The van der Waals surface area contributed by atoms with Crippen molar-refractivity contribution in [3.05, 3.63) is 0 Å². The third kappa shape index (κ3) is 4.94. The summed E-state index contributed by atoms with van der Waals surface area (Å²) >= 11 is 1.89. The van der Waals surface area contributed by atoms with Crippen molar-refractivity contribution in [1.82, 2.24) is 10.2 Å². The van der Waals surface area contributed by atoms with E-state index in [1.165, 1.54) is 18.6 Å². The second kappa shape index (κ2) is 9.35. The molecule has 118 valence electrons. The Labute approximate surface area is 144 Å². The predicted octanol–water partition coefficient (Wildman–Crippen LogP) is 2.44. The van der Waals surface area contributed by atoms with Crippen molar-refractivity contribution < 1.29 is 4.74 Å². The van der Waals surface area contributed by atoms with Gasteiger partial charge in [0.1, 0.15) is 0 Å². The minimum atomic E-state index is 0. The first-order valence-electron chi connectivity index (χ1n) is 7.40. The molecule has 4 nitrogen and oxygen atoms in total. The lowest BCUT2D eigenvalue weighted by atomic mass is 9.87. The van der Waals surface area contributed by atoms with Crippen LogP contribution in [-0.2, 0) is 4.74 Å². The minimum absolute atomic E-state index is 0. The zero-order valence-corrected chi connectivity index (χ0v) is 15.8. The Balaban J connectivity index is 0.00000200. The Bertz CT molecular complexity index is 309. The Morgan fingerprint density at radius 3 is 2.95 bits per heavy atom. The molecule has 0 aromatic rings. The Morgan fingerprint density at radius 1 is 1.45 bits per heavy atom. The molecular formula is C14H28IN3OS. The summed E-state index contributed by atoms with van der Waals surface area (Å²) in [6.07, 6.45) is 5.79. The van der Waals surface area contributed by atoms with Gasteiger partial charge in [0, 0.05) is 38.2 Å². The molecule has 0 aromatic carbocycles. The van der Waals surface area contributed by atoms with Crippen molar-refractivity contribution in [2.45, 2.75) is 26.2 Å². The van der Waals surface area contributed by atoms with Gasteiger partial charge in [-0.2, -0.15) is 11.8 Å². The molecule has 2 aliphatic heterocycles. The predicted molar refractivity (Wildman–Crippen MR) is 98.5 cm³/mol. The highest BCUT2D eigenvalue weighted by molar-refractivity contribution is 14.0. The zero-order chi connectivity index (χ0) is 13.6. The van der Waals surface area contributed by atoms with Crippen LogP contribution in [0.3, 0.4) is 0 Å². The van der Waals surface area contributed by atoms with Crippen LogP contribution in [0, 0.1) is 5.41 Å². The zero-order valence-electron chi connectivity index (χ0n) is 12.7. The summed E-state index contributed by atoms with van der Waals surface area (Å²) in [7, 11) is 0. The summed E-state index contributed by atoms with van der Waals surface area (Å²) in [6.45, 7) is 8.14. The van der Waals surface area contributed by atoms with E-state index in [-0.39, 0.29) is 24.0 Å². The second-order valence-electron chi connectivity index (χ2n) is 5.56. The van der Waals surface area contributed by atoms with Crippen LogP contribution >= 0.6 is 35.7 Å². The maximum Gasteiger partial charge on any atom is 0.193 e. The Hall–Kier alpha value is 0.310. The number of nitrogens with zero attached hydrogens (tertiary/aromatic N) is 2. The molecule has 0 saturated carbocycles. The summed E-state index contributed by atoms with van der Waals surface area (Å²) in [5.41, 5.74) is 0.412. The van der Waals surface area contributed by atoms with E-state index in [1.807, 2.05) is 11.8 Å². The number of ether oxygens (including phenoxy) is 1. The highest BCUT2D eigenvalue weighted by atomic mass is 127. The van der Waals surface area contributed by atoms with E-state index < -0.39 is 0 Å². The van der Waals surface area contributed by atoms with Gasteiger partial charge in [-0.05, 0) is 38.2 Å². The number of rotatable bonds is 5. The van der Waals surface area contributed by atoms with Crippen LogP contribution < -0.4 is 5.32 Å². The van der Waals surface area contributed by atoms with Crippen molar-refractivity contribution in [3.63, 3.8) is 0 Å². The lowest BCUT2D eigenvalue weighted by molar-refractivity contribution is 0.156. The molecule has 0 amide bonds. The monoisotopic (exact) mass is 413 g/mol. The number of hydrogen-bond donors (Lipinski definition) is 1. The fraction of sp³-hybridized carbons (Fsp3) is 0.929. The van der Waals surface area contributed by atoms with Gasteiger partial charge in [0.25, 0.3) is 0 Å². The first-order valence-corrected chi connectivity index (χ1v) is 8.79. The fourth-order valence-corrected chi connectivity index (χ4v) is 3.32. The van der Waals surface area contributed by atoms with E-state index in [9.17, 15) is 0 Å². The number of hydrogen-bond acceptors (Lipinski definition) is 3. The lowest BCUT2D eigenvalue weighted by Crippen LogP contribution is -2.41. The van der Waals surface area contributed by atoms with Gasteiger partial charge in [-0.1, -0.05) is 0 Å². The van der Waals surface area contributed by atoms with E-state index in [0.29, 0.717) is 5.41 Å². The van der Waals surface area contributed by atoms with Gasteiger partial charge in [0.2, 0.25) is 0 Å². The first-order chi connectivity index (χ1) is 9.29. The summed E-state index contributed by atoms with van der Waals surface area (Å²) < 4.78 is 5.59. The van der Waals surface area contributed by atoms with Gasteiger partial charge < -0.3 is 15.0 Å². The number of thioether (sulfide) groups is 1. The van der Waals surface area contributed by atoms with Gasteiger partial charge in [0.15, 0.2) is 5.96 Å². The highest BCUT2D eigenvalue weighted by Crippen LogP contribution is 2.38. The molecule has 20 heavy (non-hydrogen) atoms. The van der Waals surface area contributed by atoms with Crippen LogP contribution in [0.2, 0.25) is 0 Å². The van der Waals surface area contributed by atoms with E-state index in [0.717, 1.165) is 51.8 Å². The average Bonchev–Trinajstić information content (AvgIpc) is 3.04. The molecule has 2 saturated heterocycles. The van der Waals surface area contributed by atoms with E-state index in [2.05, 4.69) is 23.4 Å². The highest BCUT2D eigenvalue weighted by Gasteiger charge is 2.42. The molecule has 2 fully saturated rings. The lowest BCUT2D eigenvalue weighted by Gasteiger charge is -2.24. The number of halogens is 1. The largest absolute Gasteiger partial charge is 0.381 e. The van der Waals surface area contributed by atoms with Gasteiger partial charge >= 0.3 is 0 Å². The quantitative estimate of drug-likeness (QED) is 0.325. The standard InChI is InChI=1S/C14H27N3OS.HI/c1-3-15-13(16-7-4-10-19-2)17-8-5-14(11-17)6-9-18-12-14;/h3-12H2,1-2H3,(H,15,16);1H. The minimum Gasteiger partial charge on any atom is -0.381 e. The molecule has 1 atom stereocenters. The second-order valence-corrected chi connectivity index (χ2v) is 6.54. The first kappa shape index (κ1) is 18.4. The molecule has 2 rings (SSSR count). The Kier molecular flexibility index (Phi) is 8.59. The fourth-order valence-electron chi connectivity index (χ4n) is 2.91. The van der Waals surface area contributed by atoms with Crippen LogP contribution in [0.1, 0.15) is 26.2 Å². The molecule has 2 heterocycles. The summed E-state index contributed by atoms with van der Waals surface area (Å²) in [5.74, 6) is 2.30. The van der Waals surface area contributed by atoms with Crippen molar-refractivity contribution >= 4 is 41.7 Å². The van der Waals surface area contributed by atoms with Crippen LogP contribution in [-0.4, -0.2) is 62.3 Å². The van der Waals surface area contributed by atoms with Crippen LogP contribution in [0.25, 0.3) is 0 Å². The number of aliphatic imine (C=N–C) groups is 1. The maximum atomic E-state index is 5.59. The molecule has 0 radical (unpaired) electrons. The molecular weight excluding hydrogens is 385 g/mol. The normalized spacial score (nSPS) is 26.1. The molecule has 0 bridgehead atoms. The summed E-state index contributed by atoms with van der Waals surface area (Å²) in [5, 5.41) is 3.44. The summed E-state index contributed by atoms with van der Waals surface area (Å²) in [4.78, 5) is 7.19. The molecule has 1 N–H and O–H groups in total.